The number of aliphatic carboxylic acids is 1. The summed E-state index contributed by atoms with van der Waals surface area (Å²) in [6, 6.07) is -1.51. The molecule has 0 aromatic carbocycles. The molecule has 0 aromatic rings. The minimum absolute atomic E-state index is 0.149. The lowest BCUT2D eigenvalue weighted by Crippen LogP contribution is -2.49. The van der Waals surface area contributed by atoms with E-state index in [4.69, 9.17) is 10.8 Å². The second-order valence-electron chi connectivity index (χ2n) is 3.53. The minimum atomic E-state index is -1.21. The average molecular weight is 202 g/mol. The van der Waals surface area contributed by atoms with E-state index in [0.29, 0.717) is 0 Å². The zero-order valence-corrected chi connectivity index (χ0v) is 7.88. The Bertz CT molecular complexity index is 254. The third kappa shape index (κ3) is 2.02. The van der Waals surface area contributed by atoms with Crippen molar-refractivity contribution in [2.24, 2.45) is 5.73 Å². The predicted octanol–water partition coefficient (Wildman–Crippen LogP) is -1.62. The maximum atomic E-state index is 11.3. The number of likely N-dealkylation sites (tertiary alicyclic amines) is 1. The van der Waals surface area contributed by atoms with Gasteiger partial charge in [-0.15, -0.1) is 0 Å². The molecule has 0 aromatic heterocycles. The summed E-state index contributed by atoms with van der Waals surface area (Å²) in [7, 11) is 0. The Kier molecular flexibility index (Phi) is 3.07. The van der Waals surface area contributed by atoms with Gasteiger partial charge < -0.3 is 20.8 Å². The Balaban J connectivity index is 2.79. The van der Waals surface area contributed by atoms with Crippen LogP contribution in [-0.2, 0) is 9.59 Å². The molecule has 0 aliphatic carbocycles. The molecule has 1 rings (SSSR count). The molecule has 3 atom stereocenters. The van der Waals surface area contributed by atoms with Gasteiger partial charge in [-0.05, 0) is 6.92 Å². The van der Waals surface area contributed by atoms with E-state index in [1.807, 2.05) is 0 Å². The van der Waals surface area contributed by atoms with E-state index in [9.17, 15) is 14.7 Å². The fourth-order valence-corrected chi connectivity index (χ4v) is 1.63. The van der Waals surface area contributed by atoms with Gasteiger partial charge in [0.2, 0.25) is 5.91 Å². The zero-order valence-electron chi connectivity index (χ0n) is 7.88. The lowest BCUT2D eigenvalue weighted by molar-refractivity contribution is -0.152. The Morgan fingerprint density at radius 3 is 2.57 bits per heavy atom. The molecular weight excluding hydrogens is 188 g/mol. The number of carboxylic acids is 1. The molecule has 1 unspecified atom stereocenters. The van der Waals surface area contributed by atoms with Crippen LogP contribution in [-0.4, -0.2) is 51.7 Å². The fourth-order valence-electron chi connectivity index (χ4n) is 1.63. The van der Waals surface area contributed by atoms with Crippen molar-refractivity contribution in [3.8, 4) is 0 Å². The first kappa shape index (κ1) is 10.9. The molecule has 4 N–H and O–H groups in total. The largest absolute Gasteiger partial charge is 0.480 e. The predicted molar refractivity (Wildman–Crippen MR) is 47.4 cm³/mol. The molecule has 0 saturated carbocycles. The molecule has 80 valence electrons. The summed E-state index contributed by atoms with van der Waals surface area (Å²) in [5.41, 5.74) is 5.52. The Hall–Kier alpha value is -1.14. The van der Waals surface area contributed by atoms with Gasteiger partial charge in [0.1, 0.15) is 0 Å². The Morgan fingerprint density at radius 2 is 2.29 bits per heavy atom. The van der Waals surface area contributed by atoms with Crippen LogP contribution in [0.5, 0.6) is 0 Å². The first-order valence-corrected chi connectivity index (χ1v) is 4.39. The van der Waals surface area contributed by atoms with Crippen molar-refractivity contribution in [3.05, 3.63) is 0 Å². The number of aliphatic hydroxyl groups is 1. The molecular formula is C8H14N2O4. The third-order valence-corrected chi connectivity index (χ3v) is 2.23. The number of nitrogens with two attached hydrogens (primary N) is 1. The summed E-state index contributed by atoms with van der Waals surface area (Å²) in [6.45, 7) is 1.54. The van der Waals surface area contributed by atoms with E-state index in [0.717, 1.165) is 4.90 Å². The van der Waals surface area contributed by atoms with E-state index in [1.165, 1.54) is 6.92 Å². The van der Waals surface area contributed by atoms with Gasteiger partial charge in [0.05, 0.1) is 6.10 Å². The Labute approximate surface area is 81.3 Å². The molecule has 1 fully saturated rings. The summed E-state index contributed by atoms with van der Waals surface area (Å²) in [6.07, 6.45) is -0.946. The maximum absolute atomic E-state index is 11.3. The van der Waals surface area contributed by atoms with Gasteiger partial charge >= 0.3 is 5.97 Å². The van der Waals surface area contributed by atoms with Crippen LogP contribution in [0.1, 0.15) is 13.3 Å². The zero-order chi connectivity index (χ0) is 10.9. The van der Waals surface area contributed by atoms with E-state index in [2.05, 4.69) is 0 Å². The first-order valence-electron chi connectivity index (χ1n) is 4.39. The van der Waals surface area contributed by atoms with Crippen LogP contribution in [0.15, 0.2) is 0 Å². The molecule has 1 aliphatic rings. The molecule has 1 aliphatic heterocycles. The van der Waals surface area contributed by atoms with Gasteiger partial charge in [-0.25, -0.2) is 4.79 Å². The number of amides is 1. The summed E-state index contributed by atoms with van der Waals surface area (Å²) >= 11 is 0. The second kappa shape index (κ2) is 3.93. The van der Waals surface area contributed by atoms with E-state index in [-0.39, 0.29) is 24.9 Å². The van der Waals surface area contributed by atoms with Crippen LogP contribution in [0.3, 0.4) is 0 Å². The number of hydrogen-bond donors (Lipinski definition) is 3. The number of carboxylic acid groups (broad SMARTS) is 1. The maximum Gasteiger partial charge on any atom is 0.329 e. The van der Waals surface area contributed by atoms with E-state index < -0.39 is 18.1 Å². The fraction of sp³-hybridized carbons (Fsp3) is 0.750. The normalized spacial score (nSPS) is 26.4. The van der Waals surface area contributed by atoms with Crippen molar-refractivity contribution in [1.82, 2.24) is 4.90 Å². The van der Waals surface area contributed by atoms with Gasteiger partial charge in [0, 0.05) is 19.0 Å². The molecule has 14 heavy (non-hydrogen) atoms. The van der Waals surface area contributed by atoms with Crippen molar-refractivity contribution in [3.63, 3.8) is 0 Å². The average Bonchev–Trinajstić information content (AvgIpc) is 2.29. The number of hydrogen-bond acceptors (Lipinski definition) is 4. The molecule has 6 heteroatoms. The number of carbonyl (C=O) groups is 2. The third-order valence-electron chi connectivity index (χ3n) is 2.23. The molecule has 0 radical (unpaired) electrons. The number of nitrogens with zero attached hydrogens (tertiary/aromatic N) is 1. The minimum Gasteiger partial charge on any atom is -0.480 e. The van der Waals surface area contributed by atoms with Crippen LogP contribution in [0.25, 0.3) is 0 Å². The summed E-state index contributed by atoms with van der Waals surface area (Å²) in [5, 5.41) is 18.0. The highest BCUT2D eigenvalue weighted by molar-refractivity contribution is 5.86. The SMILES string of the molecule is C[C@H](O)[C@H](C(=O)O)N1CC(N)CC1=O. The summed E-state index contributed by atoms with van der Waals surface area (Å²) < 4.78 is 0. The number of rotatable bonds is 3. The molecule has 6 nitrogen and oxygen atoms in total. The van der Waals surface area contributed by atoms with Crippen LogP contribution in [0.2, 0.25) is 0 Å². The van der Waals surface area contributed by atoms with Gasteiger partial charge in [0.25, 0.3) is 0 Å². The smallest absolute Gasteiger partial charge is 0.329 e. The highest BCUT2D eigenvalue weighted by Gasteiger charge is 2.38. The van der Waals surface area contributed by atoms with Crippen LogP contribution < -0.4 is 5.73 Å². The monoisotopic (exact) mass is 202 g/mol. The lowest BCUT2D eigenvalue weighted by Gasteiger charge is -2.26. The van der Waals surface area contributed by atoms with Gasteiger partial charge in [-0.2, -0.15) is 0 Å². The van der Waals surface area contributed by atoms with Gasteiger partial charge in [0.15, 0.2) is 6.04 Å². The van der Waals surface area contributed by atoms with Crippen LogP contribution in [0.4, 0.5) is 0 Å². The molecule has 1 amide bonds. The topological polar surface area (TPSA) is 104 Å². The van der Waals surface area contributed by atoms with Crippen LogP contribution >= 0.6 is 0 Å². The van der Waals surface area contributed by atoms with Crippen LogP contribution in [0, 0.1) is 0 Å². The molecule has 0 bridgehead atoms. The van der Waals surface area contributed by atoms with Gasteiger partial charge in [-0.1, -0.05) is 0 Å². The molecule has 1 heterocycles. The van der Waals surface area contributed by atoms with Gasteiger partial charge in [-0.3, -0.25) is 4.79 Å². The standard InChI is InChI=1S/C8H14N2O4/c1-4(11)7(8(13)14)10-3-5(9)2-6(10)12/h4-5,7,11H,2-3,9H2,1H3,(H,13,14)/t4-,5?,7+/m0/s1. The Morgan fingerprint density at radius 1 is 1.71 bits per heavy atom. The lowest BCUT2D eigenvalue weighted by atomic mass is 10.1. The van der Waals surface area contributed by atoms with Crippen molar-refractivity contribution in [2.45, 2.75) is 31.5 Å². The first-order chi connectivity index (χ1) is 6.43. The highest BCUT2D eigenvalue weighted by Crippen LogP contribution is 2.15. The second-order valence-corrected chi connectivity index (χ2v) is 3.53. The molecule has 1 saturated heterocycles. The van der Waals surface area contributed by atoms with E-state index >= 15 is 0 Å². The quantitative estimate of drug-likeness (QED) is 0.510. The number of aliphatic hydroxyl groups excluding tert-OH is 1. The van der Waals surface area contributed by atoms with Crippen molar-refractivity contribution in [1.29, 1.82) is 0 Å². The van der Waals surface area contributed by atoms with Crippen molar-refractivity contribution >= 4 is 11.9 Å². The van der Waals surface area contributed by atoms with E-state index in [1.54, 1.807) is 0 Å². The summed E-state index contributed by atoms with van der Waals surface area (Å²) in [5.74, 6) is -1.52. The number of carbonyl (C=O) groups excluding carboxylic acids is 1. The van der Waals surface area contributed by atoms with Crippen molar-refractivity contribution in [2.75, 3.05) is 6.54 Å². The molecule has 0 spiro atoms. The highest BCUT2D eigenvalue weighted by atomic mass is 16.4. The summed E-state index contributed by atoms with van der Waals surface area (Å²) in [4.78, 5) is 23.2. The van der Waals surface area contributed by atoms with Crippen molar-refractivity contribution < 1.29 is 19.8 Å².